The van der Waals surface area contributed by atoms with Crippen molar-refractivity contribution in [1.29, 1.82) is 0 Å². The number of aryl methyl sites for hydroxylation is 1. The van der Waals surface area contributed by atoms with Crippen LogP contribution >= 0.6 is 0 Å². The fourth-order valence-corrected chi connectivity index (χ4v) is 1.45. The van der Waals surface area contributed by atoms with Crippen LogP contribution in [-0.2, 0) is 6.54 Å². The molecule has 0 aromatic heterocycles. The van der Waals surface area contributed by atoms with Gasteiger partial charge in [0, 0.05) is 12.1 Å². The SMILES string of the molecule is Cc1ccc(F)c(CNCCC(C)C)c1. The van der Waals surface area contributed by atoms with Gasteiger partial charge in [0.15, 0.2) is 0 Å². The average molecular weight is 209 g/mol. The van der Waals surface area contributed by atoms with Crippen LogP contribution in [0.5, 0.6) is 0 Å². The Labute approximate surface area is 91.7 Å². The molecule has 1 aromatic rings. The molecule has 1 N–H and O–H groups in total. The normalized spacial score (nSPS) is 11.0. The summed E-state index contributed by atoms with van der Waals surface area (Å²) in [5.41, 5.74) is 1.87. The van der Waals surface area contributed by atoms with Crippen molar-refractivity contribution in [3.8, 4) is 0 Å². The van der Waals surface area contributed by atoms with Crippen molar-refractivity contribution in [1.82, 2.24) is 5.32 Å². The maximum atomic E-state index is 13.3. The summed E-state index contributed by atoms with van der Waals surface area (Å²) in [6, 6.07) is 5.24. The zero-order valence-corrected chi connectivity index (χ0v) is 9.81. The van der Waals surface area contributed by atoms with Gasteiger partial charge in [-0.05, 0) is 31.9 Å². The van der Waals surface area contributed by atoms with E-state index < -0.39 is 0 Å². The van der Waals surface area contributed by atoms with Crippen LogP contribution < -0.4 is 5.32 Å². The minimum atomic E-state index is -0.113. The minimum absolute atomic E-state index is 0.113. The van der Waals surface area contributed by atoms with Crippen LogP contribution in [0, 0.1) is 18.7 Å². The van der Waals surface area contributed by atoms with Crippen molar-refractivity contribution in [3.63, 3.8) is 0 Å². The van der Waals surface area contributed by atoms with Gasteiger partial charge >= 0.3 is 0 Å². The van der Waals surface area contributed by atoms with Crippen molar-refractivity contribution < 1.29 is 4.39 Å². The van der Waals surface area contributed by atoms with Crippen molar-refractivity contribution >= 4 is 0 Å². The third kappa shape index (κ3) is 4.43. The maximum absolute atomic E-state index is 13.3. The maximum Gasteiger partial charge on any atom is 0.127 e. The Kier molecular flexibility index (Phi) is 4.76. The van der Waals surface area contributed by atoms with E-state index in [1.807, 2.05) is 13.0 Å². The lowest BCUT2D eigenvalue weighted by atomic mass is 10.1. The van der Waals surface area contributed by atoms with Crippen LogP contribution in [-0.4, -0.2) is 6.54 Å². The van der Waals surface area contributed by atoms with E-state index in [0.29, 0.717) is 12.5 Å². The van der Waals surface area contributed by atoms with Gasteiger partial charge in [-0.1, -0.05) is 31.5 Å². The molecule has 1 nitrogen and oxygen atoms in total. The second-order valence-corrected chi connectivity index (χ2v) is 4.45. The molecule has 0 aliphatic carbocycles. The first-order chi connectivity index (χ1) is 7.09. The molecule has 1 aromatic carbocycles. The molecule has 2 heteroatoms. The van der Waals surface area contributed by atoms with Gasteiger partial charge in [-0.3, -0.25) is 0 Å². The van der Waals surface area contributed by atoms with E-state index in [1.165, 1.54) is 6.07 Å². The lowest BCUT2D eigenvalue weighted by Gasteiger charge is -2.08. The largest absolute Gasteiger partial charge is 0.313 e. The van der Waals surface area contributed by atoms with E-state index in [2.05, 4.69) is 19.2 Å². The molecular formula is C13H20FN. The van der Waals surface area contributed by atoms with Crippen molar-refractivity contribution in [2.24, 2.45) is 5.92 Å². The summed E-state index contributed by atoms with van der Waals surface area (Å²) in [6.07, 6.45) is 1.13. The molecule has 0 aliphatic heterocycles. The number of hydrogen-bond acceptors (Lipinski definition) is 1. The first kappa shape index (κ1) is 12.2. The Balaban J connectivity index is 2.40. The molecule has 1 rings (SSSR count). The van der Waals surface area contributed by atoms with E-state index in [9.17, 15) is 4.39 Å². The van der Waals surface area contributed by atoms with E-state index in [1.54, 1.807) is 6.07 Å². The highest BCUT2D eigenvalue weighted by molar-refractivity contribution is 5.23. The van der Waals surface area contributed by atoms with E-state index in [0.717, 1.165) is 24.1 Å². The third-order valence-corrected chi connectivity index (χ3v) is 2.42. The topological polar surface area (TPSA) is 12.0 Å². The van der Waals surface area contributed by atoms with E-state index in [-0.39, 0.29) is 5.82 Å². The summed E-state index contributed by atoms with van der Waals surface area (Å²) in [4.78, 5) is 0. The molecular weight excluding hydrogens is 189 g/mol. The average Bonchev–Trinajstić information content (AvgIpc) is 2.17. The van der Waals surface area contributed by atoms with E-state index >= 15 is 0 Å². The summed E-state index contributed by atoms with van der Waals surface area (Å²) in [5, 5.41) is 3.26. The second kappa shape index (κ2) is 5.86. The van der Waals surface area contributed by atoms with Gasteiger partial charge in [-0.15, -0.1) is 0 Å². The Morgan fingerprint density at radius 1 is 1.33 bits per heavy atom. The number of nitrogens with one attached hydrogen (secondary N) is 1. The summed E-state index contributed by atoms with van der Waals surface area (Å²) in [7, 11) is 0. The predicted octanol–water partition coefficient (Wildman–Crippen LogP) is 3.27. The quantitative estimate of drug-likeness (QED) is 0.734. The summed E-state index contributed by atoms with van der Waals surface area (Å²) in [6.45, 7) is 7.94. The second-order valence-electron chi connectivity index (χ2n) is 4.45. The Morgan fingerprint density at radius 2 is 2.07 bits per heavy atom. The van der Waals surface area contributed by atoms with Crippen LogP contribution in [0.4, 0.5) is 4.39 Å². The molecule has 0 amide bonds. The Bertz CT molecular complexity index is 307. The van der Waals surface area contributed by atoms with Crippen LogP contribution in [0.1, 0.15) is 31.4 Å². The van der Waals surface area contributed by atoms with Crippen LogP contribution in [0.2, 0.25) is 0 Å². The first-order valence-electron chi connectivity index (χ1n) is 5.55. The predicted molar refractivity (Wildman–Crippen MR) is 62.3 cm³/mol. The first-order valence-corrected chi connectivity index (χ1v) is 5.55. The zero-order valence-electron chi connectivity index (χ0n) is 9.81. The van der Waals surface area contributed by atoms with Crippen molar-refractivity contribution in [2.45, 2.75) is 33.7 Å². The Hall–Kier alpha value is -0.890. The molecule has 0 saturated carbocycles. The lowest BCUT2D eigenvalue weighted by Crippen LogP contribution is -2.17. The van der Waals surface area contributed by atoms with Crippen molar-refractivity contribution in [3.05, 3.63) is 35.1 Å². The molecule has 0 fully saturated rings. The molecule has 0 radical (unpaired) electrons. The highest BCUT2D eigenvalue weighted by Gasteiger charge is 2.01. The number of benzene rings is 1. The van der Waals surface area contributed by atoms with Gasteiger partial charge in [0.25, 0.3) is 0 Å². The third-order valence-electron chi connectivity index (χ3n) is 2.42. The molecule has 0 unspecified atom stereocenters. The zero-order chi connectivity index (χ0) is 11.3. The van der Waals surface area contributed by atoms with Gasteiger partial charge < -0.3 is 5.32 Å². The van der Waals surface area contributed by atoms with E-state index in [4.69, 9.17) is 0 Å². The highest BCUT2D eigenvalue weighted by atomic mass is 19.1. The molecule has 0 spiro atoms. The summed E-state index contributed by atoms with van der Waals surface area (Å²) in [5.74, 6) is 0.581. The van der Waals surface area contributed by atoms with Gasteiger partial charge in [0.2, 0.25) is 0 Å². The monoisotopic (exact) mass is 209 g/mol. The van der Waals surface area contributed by atoms with Crippen LogP contribution in [0.25, 0.3) is 0 Å². The van der Waals surface area contributed by atoms with Gasteiger partial charge in [0.1, 0.15) is 5.82 Å². The minimum Gasteiger partial charge on any atom is -0.313 e. The smallest absolute Gasteiger partial charge is 0.127 e. The Morgan fingerprint density at radius 3 is 2.73 bits per heavy atom. The molecule has 0 heterocycles. The molecule has 15 heavy (non-hydrogen) atoms. The number of halogens is 1. The molecule has 0 aliphatic rings. The summed E-state index contributed by atoms with van der Waals surface area (Å²) >= 11 is 0. The molecule has 0 saturated heterocycles. The lowest BCUT2D eigenvalue weighted by molar-refractivity contribution is 0.527. The number of rotatable bonds is 5. The number of hydrogen-bond donors (Lipinski definition) is 1. The standard InChI is InChI=1S/C13H20FN/c1-10(2)6-7-15-9-12-8-11(3)4-5-13(12)14/h4-5,8,10,15H,6-7,9H2,1-3H3. The molecule has 0 atom stereocenters. The van der Waals surface area contributed by atoms with Crippen LogP contribution in [0.15, 0.2) is 18.2 Å². The fraction of sp³-hybridized carbons (Fsp3) is 0.538. The molecule has 0 bridgehead atoms. The van der Waals surface area contributed by atoms with Gasteiger partial charge in [0.05, 0.1) is 0 Å². The van der Waals surface area contributed by atoms with Gasteiger partial charge in [-0.2, -0.15) is 0 Å². The van der Waals surface area contributed by atoms with Gasteiger partial charge in [-0.25, -0.2) is 4.39 Å². The molecule has 84 valence electrons. The van der Waals surface area contributed by atoms with Crippen molar-refractivity contribution in [2.75, 3.05) is 6.54 Å². The fourth-order valence-electron chi connectivity index (χ4n) is 1.45. The summed E-state index contributed by atoms with van der Waals surface area (Å²) < 4.78 is 13.3. The van der Waals surface area contributed by atoms with Crippen LogP contribution in [0.3, 0.4) is 0 Å². The highest BCUT2D eigenvalue weighted by Crippen LogP contribution is 2.09.